The fourth-order valence-corrected chi connectivity index (χ4v) is 5.11. The van der Waals surface area contributed by atoms with Crippen molar-refractivity contribution in [1.29, 1.82) is 0 Å². The lowest BCUT2D eigenvalue weighted by Gasteiger charge is -2.18. The zero-order valence-electron chi connectivity index (χ0n) is 18.1. The summed E-state index contributed by atoms with van der Waals surface area (Å²) in [5, 5.41) is 3.00. The van der Waals surface area contributed by atoms with Gasteiger partial charge in [0.15, 0.2) is 23.1 Å². The van der Waals surface area contributed by atoms with Gasteiger partial charge in [-0.2, -0.15) is 8.78 Å². The van der Waals surface area contributed by atoms with Gasteiger partial charge in [0.2, 0.25) is 11.6 Å². The molecule has 11 heteroatoms. The second kappa shape index (κ2) is 9.49. The molecule has 2 heterocycles. The quantitative estimate of drug-likeness (QED) is 0.271. The Morgan fingerprint density at radius 2 is 1.88 bits per heavy atom. The Morgan fingerprint density at radius 3 is 2.56 bits per heavy atom. The second-order valence-corrected chi connectivity index (χ2v) is 8.96. The van der Waals surface area contributed by atoms with Crippen LogP contribution in [0.4, 0.5) is 22.6 Å². The number of halogens is 4. The second-order valence-electron chi connectivity index (χ2n) is 7.85. The molecular weight excluding hydrogens is 478 g/mol. The van der Waals surface area contributed by atoms with Crippen LogP contribution in [0.1, 0.15) is 50.5 Å². The van der Waals surface area contributed by atoms with Gasteiger partial charge < -0.3 is 19.2 Å². The van der Waals surface area contributed by atoms with Crippen LogP contribution in [0.5, 0.6) is 5.75 Å². The summed E-state index contributed by atoms with van der Waals surface area (Å²) in [4.78, 5) is 26.1. The molecule has 1 amide bonds. The van der Waals surface area contributed by atoms with E-state index in [2.05, 4.69) is 12.2 Å². The van der Waals surface area contributed by atoms with Crippen LogP contribution in [-0.2, 0) is 24.2 Å². The Kier molecular flexibility index (Phi) is 6.65. The summed E-state index contributed by atoms with van der Waals surface area (Å²) in [6, 6.07) is 2.67. The summed E-state index contributed by atoms with van der Waals surface area (Å²) in [5.41, 5.74) is 1.18. The molecule has 1 aliphatic rings. The van der Waals surface area contributed by atoms with Crippen molar-refractivity contribution >= 4 is 28.2 Å². The molecule has 0 unspecified atom stereocenters. The minimum Gasteiger partial charge on any atom is -0.479 e. The number of nitrogens with one attached hydrogen (secondary N) is 1. The number of rotatable bonds is 6. The van der Waals surface area contributed by atoms with E-state index < -0.39 is 47.5 Å². The summed E-state index contributed by atoms with van der Waals surface area (Å²) in [5.74, 6) is -8.79. The van der Waals surface area contributed by atoms with E-state index in [0.29, 0.717) is 22.9 Å². The van der Waals surface area contributed by atoms with E-state index in [9.17, 15) is 27.2 Å². The Morgan fingerprint density at radius 1 is 1.18 bits per heavy atom. The SMILES string of the molecule is COC(=O)c1c(NC(=O)c2ccc(COc3c(F)c(F)cc(F)c3F)o2)sc2c1CC[C@H](C)C2. The van der Waals surface area contributed by atoms with Gasteiger partial charge in [-0.3, -0.25) is 4.79 Å². The van der Waals surface area contributed by atoms with Gasteiger partial charge in [0.1, 0.15) is 17.4 Å². The highest BCUT2D eigenvalue weighted by Gasteiger charge is 2.29. The highest BCUT2D eigenvalue weighted by molar-refractivity contribution is 7.17. The van der Waals surface area contributed by atoms with Crippen LogP contribution < -0.4 is 10.1 Å². The van der Waals surface area contributed by atoms with Gasteiger partial charge >= 0.3 is 5.97 Å². The topological polar surface area (TPSA) is 77.8 Å². The molecule has 2 aromatic heterocycles. The van der Waals surface area contributed by atoms with Crippen molar-refractivity contribution in [2.24, 2.45) is 5.92 Å². The van der Waals surface area contributed by atoms with Crippen molar-refractivity contribution in [3.63, 3.8) is 0 Å². The maximum atomic E-state index is 13.7. The summed E-state index contributed by atoms with van der Waals surface area (Å²) in [6.45, 7) is 1.52. The number of esters is 1. The van der Waals surface area contributed by atoms with Crippen LogP contribution in [0.3, 0.4) is 0 Å². The Bertz CT molecular complexity index is 1240. The van der Waals surface area contributed by atoms with Gasteiger partial charge in [-0.1, -0.05) is 6.92 Å². The summed E-state index contributed by atoms with van der Waals surface area (Å²) >= 11 is 1.30. The lowest BCUT2D eigenvalue weighted by molar-refractivity contribution is 0.0600. The Hall–Kier alpha value is -3.34. The van der Waals surface area contributed by atoms with E-state index in [0.717, 1.165) is 23.3 Å². The Labute approximate surface area is 195 Å². The molecule has 6 nitrogen and oxygen atoms in total. The third kappa shape index (κ3) is 4.52. The van der Waals surface area contributed by atoms with Gasteiger partial charge in [-0.15, -0.1) is 11.3 Å². The highest BCUT2D eigenvalue weighted by Crippen LogP contribution is 2.40. The predicted molar refractivity (Wildman–Crippen MR) is 114 cm³/mol. The first-order valence-corrected chi connectivity index (χ1v) is 11.1. The molecule has 1 aliphatic carbocycles. The molecule has 1 aromatic carbocycles. The number of methoxy groups -OCH3 is 1. The third-order valence-electron chi connectivity index (χ3n) is 5.44. The molecule has 0 saturated heterocycles. The number of carbonyl (C=O) groups is 2. The molecule has 0 aliphatic heterocycles. The average molecular weight is 497 g/mol. The van der Waals surface area contributed by atoms with E-state index in [1.165, 1.54) is 30.6 Å². The molecule has 1 atom stereocenters. The maximum Gasteiger partial charge on any atom is 0.341 e. The van der Waals surface area contributed by atoms with E-state index in [4.69, 9.17) is 13.9 Å². The van der Waals surface area contributed by atoms with Crippen LogP contribution in [0.2, 0.25) is 0 Å². The molecule has 180 valence electrons. The summed E-state index contributed by atoms with van der Waals surface area (Å²) < 4.78 is 69.2. The predicted octanol–water partition coefficient (Wildman–Crippen LogP) is 5.64. The van der Waals surface area contributed by atoms with Crippen LogP contribution in [0.15, 0.2) is 22.6 Å². The minimum absolute atomic E-state index is 0.0268. The van der Waals surface area contributed by atoms with Crippen LogP contribution >= 0.6 is 11.3 Å². The molecule has 4 rings (SSSR count). The fourth-order valence-electron chi connectivity index (χ4n) is 3.72. The number of benzene rings is 1. The number of hydrogen-bond donors (Lipinski definition) is 1. The minimum atomic E-state index is -1.69. The van der Waals surface area contributed by atoms with E-state index in [1.807, 2.05) is 0 Å². The monoisotopic (exact) mass is 497 g/mol. The molecule has 0 radical (unpaired) electrons. The third-order valence-corrected chi connectivity index (χ3v) is 6.61. The van der Waals surface area contributed by atoms with Crippen molar-refractivity contribution in [2.75, 3.05) is 12.4 Å². The van der Waals surface area contributed by atoms with Gasteiger partial charge in [-0.25, -0.2) is 13.6 Å². The Balaban J connectivity index is 1.50. The number of fused-ring (bicyclic) bond motifs is 1. The molecule has 3 aromatic rings. The average Bonchev–Trinajstić information content (AvgIpc) is 3.41. The van der Waals surface area contributed by atoms with Gasteiger partial charge in [-0.05, 0) is 42.9 Å². The normalized spacial score (nSPS) is 15.1. The number of hydrogen-bond acceptors (Lipinski definition) is 6. The number of amides is 1. The smallest absolute Gasteiger partial charge is 0.341 e. The molecule has 0 saturated carbocycles. The molecule has 0 spiro atoms. The lowest BCUT2D eigenvalue weighted by Crippen LogP contribution is -2.15. The van der Waals surface area contributed by atoms with Crippen molar-refractivity contribution in [3.05, 3.63) is 69.0 Å². The van der Waals surface area contributed by atoms with Crippen molar-refractivity contribution < 1.29 is 41.0 Å². The van der Waals surface area contributed by atoms with E-state index in [-0.39, 0.29) is 17.6 Å². The summed E-state index contributed by atoms with van der Waals surface area (Å²) in [7, 11) is 1.26. The van der Waals surface area contributed by atoms with Gasteiger partial charge in [0.05, 0.1) is 12.7 Å². The first-order chi connectivity index (χ1) is 16.2. The van der Waals surface area contributed by atoms with Gasteiger partial charge in [0.25, 0.3) is 5.91 Å². The number of anilines is 1. The molecule has 0 bridgehead atoms. The van der Waals surface area contributed by atoms with E-state index >= 15 is 0 Å². The van der Waals surface area contributed by atoms with Crippen LogP contribution in [0.25, 0.3) is 0 Å². The lowest BCUT2D eigenvalue weighted by atomic mass is 9.88. The molecule has 1 N–H and O–H groups in total. The highest BCUT2D eigenvalue weighted by atomic mass is 32.1. The fraction of sp³-hybridized carbons (Fsp3) is 0.304. The first-order valence-electron chi connectivity index (χ1n) is 10.3. The van der Waals surface area contributed by atoms with E-state index in [1.54, 1.807) is 0 Å². The molecule has 34 heavy (non-hydrogen) atoms. The van der Waals surface area contributed by atoms with Crippen LogP contribution in [-0.4, -0.2) is 19.0 Å². The van der Waals surface area contributed by atoms with Crippen LogP contribution in [0, 0.1) is 29.2 Å². The van der Waals surface area contributed by atoms with Gasteiger partial charge in [0, 0.05) is 10.9 Å². The molecule has 0 fully saturated rings. The standard InChI is InChI=1S/C23H19F4NO5S/c1-10-3-5-12-16(7-10)34-22(17(12)23(30)31-2)28-21(29)15-6-4-11(33-15)9-32-20-18(26)13(24)8-14(25)19(20)27/h4,6,8,10H,3,5,7,9H2,1-2H3,(H,28,29)/t10-/m0/s1. The zero-order chi connectivity index (χ0) is 24.6. The number of ether oxygens (including phenoxy) is 2. The zero-order valence-corrected chi connectivity index (χ0v) is 18.9. The molecular formula is C23H19F4NO5S. The number of thiophene rings is 1. The summed E-state index contributed by atoms with van der Waals surface area (Å²) in [6.07, 6.45) is 2.40. The number of carbonyl (C=O) groups excluding carboxylic acids is 2. The first kappa shape index (κ1) is 23.8. The number of furan rings is 1. The van der Waals surface area contributed by atoms with Crippen molar-refractivity contribution in [2.45, 2.75) is 32.8 Å². The van der Waals surface area contributed by atoms with Crippen molar-refractivity contribution in [1.82, 2.24) is 0 Å². The maximum absolute atomic E-state index is 13.7. The largest absolute Gasteiger partial charge is 0.479 e. The van der Waals surface area contributed by atoms with Crippen molar-refractivity contribution in [3.8, 4) is 5.75 Å².